The molecule has 2 heterocycles. The minimum atomic E-state index is -0.444. The van der Waals surface area contributed by atoms with Gasteiger partial charge in [0.25, 0.3) is 5.91 Å². The Kier molecular flexibility index (Phi) is 4.34. The van der Waals surface area contributed by atoms with E-state index in [0.29, 0.717) is 52.6 Å². The summed E-state index contributed by atoms with van der Waals surface area (Å²) in [6, 6.07) is 3.21. The van der Waals surface area contributed by atoms with Gasteiger partial charge < -0.3 is 24.9 Å². The normalized spacial score (nSPS) is 14.7. The highest BCUT2D eigenvalue weighted by Crippen LogP contribution is 2.38. The molecule has 0 atom stereocenters. The first-order chi connectivity index (χ1) is 11.5. The number of rotatable bonds is 2. The molecule has 132 valence electrons. The number of nitrogens with one attached hydrogen (secondary N) is 1. The van der Waals surface area contributed by atoms with Gasteiger partial charge in [-0.2, -0.15) is 0 Å². The molecule has 2 aromatic rings. The standard InChI is InChI=1S/C17H16N2O5.ClH/c1-8-15-11(20)3-2-4-12(15)24-16(8)17(21)19-10-6-14-13(5-9(10)18)22-7-23-14;/h5-6H,2-4,7,18H2,1H3,(H,19,21);1H. The molecule has 0 saturated carbocycles. The van der Waals surface area contributed by atoms with Gasteiger partial charge >= 0.3 is 0 Å². The van der Waals surface area contributed by atoms with E-state index in [0.717, 1.165) is 6.42 Å². The quantitative estimate of drug-likeness (QED) is 0.793. The van der Waals surface area contributed by atoms with E-state index in [1.807, 2.05) is 0 Å². The number of ether oxygens (including phenoxy) is 2. The Bertz CT molecular complexity index is 874. The molecule has 1 aromatic heterocycles. The molecular formula is C17H17ClN2O5. The van der Waals surface area contributed by atoms with Crippen molar-refractivity contribution in [3.8, 4) is 11.5 Å². The van der Waals surface area contributed by atoms with Gasteiger partial charge in [0.05, 0.1) is 16.9 Å². The van der Waals surface area contributed by atoms with Crippen molar-refractivity contribution in [2.24, 2.45) is 0 Å². The minimum absolute atomic E-state index is 0. The topological polar surface area (TPSA) is 104 Å². The summed E-state index contributed by atoms with van der Waals surface area (Å²) in [6.07, 6.45) is 1.90. The molecule has 2 aliphatic rings. The van der Waals surface area contributed by atoms with Gasteiger partial charge in [-0.1, -0.05) is 0 Å². The van der Waals surface area contributed by atoms with Crippen LogP contribution in [0.15, 0.2) is 16.5 Å². The van der Waals surface area contributed by atoms with Crippen LogP contribution < -0.4 is 20.5 Å². The van der Waals surface area contributed by atoms with E-state index < -0.39 is 5.91 Å². The van der Waals surface area contributed by atoms with Crippen LogP contribution in [0.4, 0.5) is 11.4 Å². The number of amides is 1. The first-order valence-corrected chi connectivity index (χ1v) is 7.70. The van der Waals surface area contributed by atoms with Crippen LogP contribution in [0, 0.1) is 6.92 Å². The lowest BCUT2D eigenvalue weighted by Crippen LogP contribution is -2.14. The van der Waals surface area contributed by atoms with Crippen molar-refractivity contribution >= 4 is 35.5 Å². The fourth-order valence-electron chi connectivity index (χ4n) is 3.11. The van der Waals surface area contributed by atoms with Crippen LogP contribution in [-0.2, 0) is 6.42 Å². The molecule has 8 heteroatoms. The Morgan fingerprint density at radius 1 is 1.20 bits per heavy atom. The van der Waals surface area contributed by atoms with E-state index in [-0.39, 0.29) is 30.7 Å². The summed E-state index contributed by atoms with van der Waals surface area (Å²) < 4.78 is 16.2. The van der Waals surface area contributed by atoms with E-state index in [2.05, 4.69) is 5.32 Å². The molecule has 1 aliphatic carbocycles. The molecule has 0 radical (unpaired) electrons. The average Bonchev–Trinajstić information content (AvgIpc) is 3.12. The zero-order valence-electron chi connectivity index (χ0n) is 13.5. The largest absolute Gasteiger partial charge is 0.455 e. The third-order valence-electron chi connectivity index (χ3n) is 4.31. The lowest BCUT2D eigenvalue weighted by Gasteiger charge is -2.08. The zero-order valence-corrected chi connectivity index (χ0v) is 14.3. The molecule has 0 spiro atoms. The third-order valence-corrected chi connectivity index (χ3v) is 4.31. The number of carbonyl (C=O) groups is 2. The number of furan rings is 1. The highest BCUT2D eigenvalue weighted by atomic mass is 35.5. The summed E-state index contributed by atoms with van der Waals surface area (Å²) >= 11 is 0. The van der Waals surface area contributed by atoms with Crippen molar-refractivity contribution < 1.29 is 23.5 Å². The molecule has 7 nitrogen and oxygen atoms in total. The maximum atomic E-state index is 12.6. The molecule has 4 rings (SSSR count). The SMILES string of the molecule is Cc1c(C(=O)Nc2cc3c(cc2N)OCO3)oc2c1C(=O)CCC2.Cl. The van der Waals surface area contributed by atoms with E-state index in [4.69, 9.17) is 19.6 Å². The lowest BCUT2D eigenvalue weighted by atomic mass is 9.94. The van der Waals surface area contributed by atoms with Crippen LogP contribution in [0.2, 0.25) is 0 Å². The molecule has 0 fully saturated rings. The number of nitrogen functional groups attached to an aromatic ring is 1. The van der Waals surface area contributed by atoms with Crippen LogP contribution in [0.3, 0.4) is 0 Å². The maximum Gasteiger partial charge on any atom is 0.291 e. The number of nitrogens with two attached hydrogens (primary N) is 1. The number of hydrogen-bond donors (Lipinski definition) is 2. The van der Waals surface area contributed by atoms with Crippen LogP contribution in [0.25, 0.3) is 0 Å². The predicted molar refractivity (Wildman–Crippen MR) is 92.9 cm³/mol. The molecule has 0 saturated heterocycles. The molecule has 1 amide bonds. The number of fused-ring (bicyclic) bond motifs is 2. The highest BCUT2D eigenvalue weighted by Gasteiger charge is 2.29. The summed E-state index contributed by atoms with van der Waals surface area (Å²) in [5.74, 6) is 1.38. The first kappa shape index (κ1) is 17.2. The van der Waals surface area contributed by atoms with Gasteiger partial charge in [-0.3, -0.25) is 9.59 Å². The maximum absolute atomic E-state index is 12.6. The predicted octanol–water partition coefficient (Wildman–Crippen LogP) is 3.09. The molecule has 1 aromatic carbocycles. The van der Waals surface area contributed by atoms with Crippen molar-refractivity contribution in [3.63, 3.8) is 0 Å². The Balaban J connectivity index is 0.00000182. The summed E-state index contributed by atoms with van der Waals surface area (Å²) in [5.41, 5.74) is 7.83. The number of benzene rings is 1. The lowest BCUT2D eigenvalue weighted by molar-refractivity contribution is 0.0963. The second-order valence-corrected chi connectivity index (χ2v) is 5.88. The first-order valence-electron chi connectivity index (χ1n) is 7.70. The second-order valence-electron chi connectivity index (χ2n) is 5.88. The third kappa shape index (κ3) is 2.80. The van der Waals surface area contributed by atoms with Gasteiger partial charge in [-0.15, -0.1) is 12.4 Å². The van der Waals surface area contributed by atoms with Crippen LogP contribution in [-0.4, -0.2) is 18.5 Å². The number of Topliss-reactive ketones (excluding diaryl/α,β-unsaturated/α-hetero) is 1. The highest BCUT2D eigenvalue weighted by molar-refractivity contribution is 6.08. The molecule has 0 unspecified atom stereocenters. The van der Waals surface area contributed by atoms with Gasteiger partial charge in [0.1, 0.15) is 5.76 Å². The van der Waals surface area contributed by atoms with E-state index in [9.17, 15) is 9.59 Å². The fraction of sp³-hybridized carbons (Fsp3) is 0.294. The molecule has 3 N–H and O–H groups in total. The summed E-state index contributed by atoms with van der Waals surface area (Å²) in [6.45, 7) is 1.85. The smallest absolute Gasteiger partial charge is 0.291 e. The van der Waals surface area contributed by atoms with Gasteiger partial charge in [-0.05, 0) is 13.3 Å². The van der Waals surface area contributed by atoms with Crippen molar-refractivity contribution in [2.75, 3.05) is 17.8 Å². The number of carbonyl (C=O) groups excluding carboxylic acids is 2. The van der Waals surface area contributed by atoms with Crippen LogP contribution >= 0.6 is 12.4 Å². The minimum Gasteiger partial charge on any atom is -0.455 e. The van der Waals surface area contributed by atoms with Crippen molar-refractivity contribution in [2.45, 2.75) is 26.2 Å². The molecule has 25 heavy (non-hydrogen) atoms. The number of halogens is 1. The Morgan fingerprint density at radius 3 is 2.64 bits per heavy atom. The summed E-state index contributed by atoms with van der Waals surface area (Å²) in [5, 5.41) is 2.72. The van der Waals surface area contributed by atoms with Crippen LogP contribution in [0.5, 0.6) is 11.5 Å². The summed E-state index contributed by atoms with van der Waals surface area (Å²) in [4.78, 5) is 24.6. The van der Waals surface area contributed by atoms with E-state index in [1.165, 1.54) is 0 Å². The van der Waals surface area contributed by atoms with Crippen molar-refractivity contribution in [1.82, 2.24) is 0 Å². The van der Waals surface area contributed by atoms with Crippen molar-refractivity contribution in [1.29, 1.82) is 0 Å². The van der Waals surface area contributed by atoms with Crippen molar-refractivity contribution in [3.05, 3.63) is 34.8 Å². The number of anilines is 2. The van der Waals surface area contributed by atoms with Gasteiger partial charge in [0.2, 0.25) is 6.79 Å². The van der Waals surface area contributed by atoms with E-state index in [1.54, 1.807) is 19.1 Å². The Morgan fingerprint density at radius 2 is 1.92 bits per heavy atom. The monoisotopic (exact) mass is 364 g/mol. The fourth-order valence-corrected chi connectivity index (χ4v) is 3.11. The second kappa shape index (κ2) is 6.33. The Hall–Kier alpha value is -2.67. The van der Waals surface area contributed by atoms with Gasteiger partial charge in [0, 0.05) is 30.5 Å². The number of ketones is 1. The molecule has 0 bridgehead atoms. The van der Waals surface area contributed by atoms with Crippen LogP contribution in [0.1, 0.15) is 45.1 Å². The Labute approximate surface area is 149 Å². The molecular weight excluding hydrogens is 348 g/mol. The van der Waals surface area contributed by atoms with Gasteiger partial charge in [-0.25, -0.2) is 0 Å². The summed E-state index contributed by atoms with van der Waals surface area (Å²) in [7, 11) is 0. The average molecular weight is 365 g/mol. The van der Waals surface area contributed by atoms with E-state index >= 15 is 0 Å². The number of aryl methyl sites for hydroxylation is 1. The zero-order chi connectivity index (χ0) is 16.8. The van der Waals surface area contributed by atoms with Gasteiger partial charge in [0.15, 0.2) is 23.0 Å². The molecule has 1 aliphatic heterocycles. The number of hydrogen-bond acceptors (Lipinski definition) is 6.